The first-order valence-electron chi connectivity index (χ1n) is 5.79. The molecule has 1 N–H and O–H groups in total. The van der Waals surface area contributed by atoms with E-state index in [1.54, 1.807) is 0 Å². The van der Waals surface area contributed by atoms with Crippen molar-refractivity contribution in [2.75, 3.05) is 6.61 Å². The smallest absolute Gasteiger partial charge is 0.135 e. The van der Waals surface area contributed by atoms with E-state index in [4.69, 9.17) is 0 Å². The summed E-state index contributed by atoms with van der Waals surface area (Å²) in [6, 6.07) is 0. The van der Waals surface area contributed by atoms with Crippen molar-refractivity contribution < 1.29 is 5.11 Å². The summed E-state index contributed by atoms with van der Waals surface area (Å²) in [5, 5.41) is 17.7. The highest BCUT2D eigenvalue weighted by Crippen LogP contribution is 2.24. The highest BCUT2D eigenvalue weighted by atomic mass is 16.3. The summed E-state index contributed by atoms with van der Waals surface area (Å²) < 4.78 is 2.21. The van der Waals surface area contributed by atoms with Crippen LogP contribution in [0.25, 0.3) is 0 Å². The van der Waals surface area contributed by atoms with Gasteiger partial charge in [-0.25, -0.2) is 0 Å². The molecule has 0 aliphatic carbocycles. The number of fused-ring (bicyclic) bond motifs is 1. The minimum atomic E-state index is 0.275. The third kappa shape index (κ3) is 1.91. The zero-order chi connectivity index (χ0) is 10.8. The highest BCUT2D eigenvalue weighted by Gasteiger charge is 2.23. The van der Waals surface area contributed by atoms with Crippen LogP contribution in [-0.2, 0) is 13.0 Å². The highest BCUT2D eigenvalue weighted by molar-refractivity contribution is 5.04. The molecule has 4 heteroatoms. The van der Waals surface area contributed by atoms with Crippen molar-refractivity contribution in [3.05, 3.63) is 11.6 Å². The molecule has 2 unspecified atom stereocenters. The summed E-state index contributed by atoms with van der Waals surface area (Å²) >= 11 is 0. The van der Waals surface area contributed by atoms with Crippen molar-refractivity contribution in [2.45, 2.75) is 45.6 Å². The van der Waals surface area contributed by atoms with E-state index >= 15 is 0 Å². The van der Waals surface area contributed by atoms with E-state index in [-0.39, 0.29) is 6.61 Å². The number of aliphatic hydroxyl groups is 1. The number of aromatic nitrogens is 3. The van der Waals surface area contributed by atoms with Gasteiger partial charge in [0.25, 0.3) is 0 Å². The van der Waals surface area contributed by atoms with Crippen LogP contribution in [0.1, 0.15) is 44.3 Å². The molecule has 4 nitrogen and oxygen atoms in total. The molecular formula is C11H19N3O. The molecule has 1 aromatic heterocycles. The minimum absolute atomic E-state index is 0.275. The van der Waals surface area contributed by atoms with E-state index in [1.807, 2.05) is 0 Å². The van der Waals surface area contributed by atoms with E-state index in [9.17, 15) is 5.11 Å². The maximum absolute atomic E-state index is 9.19. The Morgan fingerprint density at radius 2 is 2.33 bits per heavy atom. The van der Waals surface area contributed by atoms with Gasteiger partial charge in [0, 0.05) is 31.4 Å². The van der Waals surface area contributed by atoms with Gasteiger partial charge in [0.05, 0.1) is 0 Å². The Bertz CT molecular complexity index is 335. The number of aryl methyl sites for hydroxylation is 1. The third-order valence-electron chi connectivity index (χ3n) is 3.38. The topological polar surface area (TPSA) is 50.9 Å². The molecule has 0 radical (unpaired) electrons. The van der Waals surface area contributed by atoms with Gasteiger partial charge >= 0.3 is 0 Å². The molecule has 2 rings (SSSR count). The predicted octanol–water partition coefficient (Wildman–Crippen LogP) is 1.35. The molecule has 0 fully saturated rings. The second-order valence-corrected chi connectivity index (χ2v) is 4.48. The lowest BCUT2D eigenvalue weighted by Crippen LogP contribution is -2.24. The van der Waals surface area contributed by atoms with Gasteiger partial charge in [0.15, 0.2) is 0 Å². The Labute approximate surface area is 90.3 Å². The Kier molecular flexibility index (Phi) is 3.05. The van der Waals surface area contributed by atoms with Crippen molar-refractivity contribution in [2.24, 2.45) is 5.92 Å². The van der Waals surface area contributed by atoms with Gasteiger partial charge in [-0.1, -0.05) is 13.8 Å². The lowest BCUT2D eigenvalue weighted by molar-refractivity contribution is 0.189. The summed E-state index contributed by atoms with van der Waals surface area (Å²) in [5.41, 5.74) is 0. The number of aliphatic hydroxyl groups excluding tert-OH is 1. The van der Waals surface area contributed by atoms with Crippen LogP contribution in [0.3, 0.4) is 0 Å². The van der Waals surface area contributed by atoms with Crippen LogP contribution < -0.4 is 0 Å². The fourth-order valence-corrected chi connectivity index (χ4v) is 2.11. The second kappa shape index (κ2) is 4.31. The molecule has 0 aromatic carbocycles. The fraction of sp³-hybridized carbons (Fsp3) is 0.818. The third-order valence-corrected chi connectivity index (χ3v) is 3.38. The minimum Gasteiger partial charge on any atom is -0.396 e. The number of hydrogen-bond acceptors (Lipinski definition) is 3. The lowest BCUT2D eigenvalue weighted by atomic mass is 9.99. The molecule has 1 aromatic rings. The van der Waals surface area contributed by atoms with Crippen LogP contribution in [0.4, 0.5) is 0 Å². The molecule has 15 heavy (non-hydrogen) atoms. The van der Waals surface area contributed by atoms with Crippen LogP contribution in [0.5, 0.6) is 0 Å². The molecule has 1 aliphatic heterocycles. The van der Waals surface area contributed by atoms with Gasteiger partial charge in [-0.15, -0.1) is 10.2 Å². The summed E-state index contributed by atoms with van der Waals surface area (Å²) in [5.74, 6) is 3.03. The first kappa shape index (κ1) is 10.6. The molecule has 0 saturated carbocycles. The van der Waals surface area contributed by atoms with E-state index < -0.39 is 0 Å². The maximum Gasteiger partial charge on any atom is 0.135 e. The number of nitrogens with zero attached hydrogens (tertiary/aromatic N) is 3. The molecule has 0 saturated heterocycles. The Morgan fingerprint density at radius 1 is 1.53 bits per heavy atom. The van der Waals surface area contributed by atoms with Gasteiger partial charge < -0.3 is 9.67 Å². The summed E-state index contributed by atoms with van der Waals surface area (Å²) in [4.78, 5) is 0. The molecule has 0 bridgehead atoms. The number of rotatable bonds is 3. The van der Waals surface area contributed by atoms with Gasteiger partial charge in [0.2, 0.25) is 0 Å². The normalized spacial score (nSPS) is 22.5. The summed E-state index contributed by atoms with van der Waals surface area (Å²) in [7, 11) is 0. The van der Waals surface area contributed by atoms with Crippen molar-refractivity contribution in [1.29, 1.82) is 0 Å². The van der Waals surface area contributed by atoms with Crippen molar-refractivity contribution in [1.82, 2.24) is 14.8 Å². The Balaban J connectivity index is 2.25. The van der Waals surface area contributed by atoms with Crippen LogP contribution in [0, 0.1) is 5.92 Å². The van der Waals surface area contributed by atoms with Gasteiger partial charge in [-0.3, -0.25) is 0 Å². The zero-order valence-electron chi connectivity index (χ0n) is 9.48. The van der Waals surface area contributed by atoms with Crippen molar-refractivity contribution in [3.63, 3.8) is 0 Å². The largest absolute Gasteiger partial charge is 0.396 e. The molecule has 0 spiro atoms. The molecule has 0 amide bonds. The average molecular weight is 209 g/mol. The monoisotopic (exact) mass is 209 g/mol. The summed E-state index contributed by atoms with van der Waals surface area (Å²) in [6.45, 7) is 5.51. The van der Waals surface area contributed by atoms with Crippen LogP contribution >= 0.6 is 0 Å². The Hall–Kier alpha value is -0.900. The van der Waals surface area contributed by atoms with Crippen molar-refractivity contribution >= 4 is 0 Å². The predicted molar refractivity (Wildman–Crippen MR) is 57.6 cm³/mol. The standard InChI is InChI=1S/C11H19N3O/c1-3-8(2)11-13-12-10-5-4-9(7-15)6-14(10)11/h8-9,15H,3-7H2,1-2H3. The SMILES string of the molecule is CCC(C)c1nnc2n1CC(CO)CC2. The van der Waals surface area contributed by atoms with Crippen molar-refractivity contribution in [3.8, 4) is 0 Å². The van der Waals surface area contributed by atoms with Crippen LogP contribution in [0.2, 0.25) is 0 Å². The van der Waals surface area contributed by atoms with E-state index in [2.05, 4.69) is 28.6 Å². The molecule has 84 valence electrons. The molecule has 1 aliphatic rings. The maximum atomic E-state index is 9.19. The van der Waals surface area contributed by atoms with Gasteiger partial charge in [0.1, 0.15) is 11.6 Å². The van der Waals surface area contributed by atoms with Gasteiger partial charge in [-0.05, 0) is 12.8 Å². The summed E-state index contributed by atoms with van der Waals surface area (Å²) in [6.07, 6.45) is 3.08. The van der Waals surface area contributed by atoms with E-state index in [0.29, 0.717) is 11.8 Å². The van der Waals surface area contributed by atoms with Gasteiger partial charge in [-0.2, -0.15) is 0 Å². The second-order valence-electron chi connectivity index (χ2n) is 4.48. The van der Waals surface area contributed by atoms with E-state index in [0.717, 1.165) is 37.5 Å². The first-order chi connectivity index (χ1) is 7.26. The zero-order valence-corrected chi connectivity index (χ0v) is 9.48. The number of hydrogen-bond donors (Lipinski definition) is 1. The lowest BCUT2D eigenvalue weighted by Gasteiger charge is -2.23. The van der Waals surface area contributed by atoms with E-state index in [1.165, 1.54) is 0 Å². The first-order valence-corrected chi connectivity index (χ1v) is 5.79. The van der Waals surface area contributed by atoms with Crippen LogP contribution in [-0.4, -0.2) is 26.5 Å². The van der Waals surface area contributed by atoms with Crippen LogP contribution in [0.15, 0.2) is 0 Å². The molecule has 2 heterocycles. The molecule has 2 atom stereocenters. The molecular weight excluding hydrogens is 190 g/mol. The fourth-order valence-electron chi connectivity index (χ4n) is 2.11. The average Bonchev–Trinajstić information content (AvgIpc) is 2.70. The quantitative estimate of drug-likeness (QED) is 0.817. The Morgan fingerprint density at radius 3 is 3.00 bits per heavy atom.